The van der Waals surface area contributed by atoms with E-state index in [1.807, 2.05) is 0 Å². The standard InChI is InChI=1S/C25H20N2O6/c1-32-17-12-10-16(11-13-17)25(31)26-22(28)15-33-23(29)14-27-20-8-4-2-6-18(20)24(30)19-7-3-5-9-21(19)27/h2-13H,14-15H2,1H3,(H,26,28,31). The Morgan fingerprint density at radius 2 is 1.42 bits per heavy atom. The lowest BCUT2D eigenvalue weighted by atomic mass is 10.1. The maximum absolute atomic E-state index is 12.8. The highest BCUT2D eigenvalue weighted by Gasteiger charge is 2.16. The minimum absolute atomic E-state index is 0.123. The molecule has 0 fully saturated rings. The summed E-state index contributed by atoms with van der Waals surface area (Å²) in [5.74, 6) is -1.47. The summed E-state index contributed by atoms with van der Waals surface area (Å²) in [5, 5.41) is 3.13. The van der Waals surface area contributed by atoms with E-state index in [-0.39, 0.29) is 17.5 Å². The Bertz CT molecular complexity index is 1360. The Balaban J connectivity index is 1.45. The van der Waals surface area contributed by atoms with Gasteiger partial charge in [0.1, 0.15) is 12.3 Å². The first-order valence-electron chi connectivity index (χ1n) is 10.1. The van der Waals surface area contributed by atoms with E-state index in [0.29, 0.717) is 27.6 Å². The van der Waals surface area contributed by atoms with Crippen LogP contribution in [-0.2, 0) is 20.9 Å². The van der Waals surface area contributed by atoms with E-state index in [2.05, 4.69) is 5.32 Å². The molecule has 1 aromatic heterocycles. The molecule has 166 valence electrons. The number of ether oxygens (including phenoxy) is 2. The molecule has 3 aromatic carbocycles. The molecule has 0 saturated heterocycles. The van der Waals surface area contributed by atoms with Gasteiger partial charge in [-0.15, -0.1) is 0 Å². The van der Waals surface area contributed by atoms with Crippen molar-refractivity contribution < 1.29 is 23.9 Å². The average molecular weight is 444 g/mol. The number of hydrogen-bond donors (Lipinski definition) is 1. The highest BCUT2D eigenvalue weighted by molar-refractivity contribution is 6.05. The van der Waals surface area contributed by atoms with E-state index in [0.717, 1.165) is 0 Å². The number of imide groups is 1. The second-order valence-electron chi connectivity index (χ2n) is 7.22. The first-order chi connectivity index (χ1) is 16.0. The molecule has 0 bridgehead atoms. The molecule has 33 heavy (non-hydrogen) atoms. The topological polar surface area (TPSA) is 104 Å². The Morgan fingerprint density at radius 1 is 0.848 bits per heavy atom. The van der Waals surface area contributed by atoms with E-state index in [1.54, 1.807) is 65.2 Å². The normalized spacial score (nSPS) is 10.7. The Hall–Kier alpha value is -4.46. The number of methoxy groups -OCH3 is 1. The van der Waals surface area contributed by atoms with Crippen molar-refractivity contribution in [3.8, 4) is 5.75 Å². The predicted octanol–water partition coefficient (Wildman–Crippen LogP) is 2.66. The molecule has 4 rings (SSSR count). The summed E-state index contributed by atoms with van der Waals surface area (Å²) in [7, 11) is 1.51. The number of benzene rings is 3. The van der Waals surface area contributed by atoms with E-state index in [4.69, 9.17) is 9.47 Å². The summed E-state index contributed by atoms with van der Waals surface area (Å²) in [6.07, 6.45) is 0. The zero-order valence-electron chi connectivity index (χ0n) is 17.7. The molecule has 0 radical (unpaired) electrons. The van der Waals surface area contributed by atoms with Crippen molar-refractivity contribution in [3.63, 3.8) is 0 Å². The molecule has 8 heteroatoms. The quantitative estimate of drug-likeness (QED) is 0.362. The van der Waals surface area contributed by atoms with Gasteiger partial charge in [0.2, 0.25) is 0 Å². The number of nitrogens with zero attached hydrogens (tertiary/aromatic N) is 1. The molecule has 0 saturated carbocycles. The van der Waals surface area contributed by atoms with Crippen LogP contribution >= 0.6 is 0 Å². The maximum Gasteiger partial charge on any atom is 0.326 e. The largest absolute Gasteiger partial charge is 0.497 e. The van der Waals surface area contributed by atoms with Crippen LogP contribution in [0.3, 0.4) is 0 Å². The summed E-state index contributed by atoms with van der Waals surface area (Å²) in [5.41, 5.74) is 1.30. The second kappa shape index (κ2) is 9.35. The zero-order chi connectivity index (χ0) is 23.4. The second-order valence-corrected chi connectivity index (χ2v) is 7.22. The minimum Gasteiger partial charge on any atom is -0.497 e. The van der Waals surface area contributed by atoms with Gasteiger partial charge < -0.3 is 14.0 Å². The Labute approximate surface area is 188 Å². The Kier molecular flexibility index (Phi) is 6.17. The number of carbonyl (C=O) groups excluding carboxylic acids is 3. The van der Waals surface area contributed by atoms with Crippen molar-refractivity contribution in [1.29, 1.82) is 0 Å². The number of pyridine rings is 1. The molecule has 0 atom stereocenters. The minimum atomic E-state index is -0.751. The average Bonchev–Trinajstić information content (AvgIpc) is 2.85. The van der Waals surface area contributed by atoms with E-state index < -0.39 is 24.4 Å². The van der Waals surface area contributed by atoms with Crippen molar-refractivity contribution >= 4 is 39.6 Å². The third kappa shape index (κ3) is 4.59. The van der Waals surface area contributed by atoms with Gasteiger partial charge in [0.25, 0.3) is 11.8 Å². The lowest BCUT2D eigenvalue weighted by Gasteiger charge is -2.14. The van der Waals surface area contributed by atoms with Crippen LogP contribution in [-0.4, -0.2) is 36.1 Å². The van der Waals surface area contributed by atoms with Crippen LogP contribution in [0.1, 0.15) is 10.4 Å². The van der Waals surface area contributed by atoms with E-state index in [1.165, 1.54) is 19.2 Å². The van der Waals surface area contributed by atoms with Crippen molar-refractivity contribution in [1.82, 2.24) is 9.88 Å². The van der Waals surface area contributed by atoms with Gasteiger partial charge in [0.15, 0.2) is 12.0 Å². The number of aromatic nitrogens is 1. The molecular formula is C25H20N2O6. The smallest absolute Gasteiger partial charge is 0.326 e. The number of amides is 2. The molecule has 0 aliphatic rings. The monoisotopic (exact) mass is 444 g/mol. The van der Waals surface area contributed by atoms with Crippen LogP contribution in [0, 0.1) is 0 Å². The van der Waals surface area contributed by atoms with Gasteiger partial charge in [-0.3, -0.25) is 24.5 Å². The summed E-state index contributed by atoms with van der Waals surface area (Å²) < 4.78 is 11.8. The van der Waals surface area contributed by atoms with Gasteiger partial charge in [0.05, 0.1) is 18.1 Å². The fraction of sp³-hybridized carbons (Fsp3) is 0.120. The van der Waals surface area contributed by atoms with E-state index >= 15 is 0 Å². The van der Waals surface area contributed by atoms with Gasteiger partial charge in [-0.25, -0.2) is 0 Å². The first kappa shape index (κ1) is 21.8. The summed E-state index contributed by atoms with van der Waals surface area (Å²) in [6.45, 7) is -0.822. The van der Waals surface area contributed by atoms with Gasteiger partial charge >= 0.3 is 5.97 Å². The lowest BCUT2D eigenvalue weighted by molar-refractivity contribution is -0.148. The number of carbonyl (C=O) groups is 3. The zero-order valence-corrected chi connectivity index (χ0v) is 17.7. The van der Waals surface area contributed by atoms with E-state index in [9.17, 15) is 19.2 Å². The molecular weight excluding hydrogens is 424 g/mol. The third-order valence-electron chi connectivity index (χ3n) is 5.14. The fourth-order valence-corrected chi connectivity index (χ4v) is 3.55. The molecule has 0 aliphatic heterocycles. The number of nitrogens with one attached hydrogen (secondary N) is 1. The summed E-state index contributed by atoms with van der Waals surface area (Å²) in [6, 6.07) is 20.2. The van der Waals surface area contributed by atoms with Crippen molar-refractivity contribution in [3.05, 3.63) is 88.6 Å². The van der Waals surface area contributed by atoms with Gasteiger partial charge in [-0.05, 0) is 48.5 Å². The summed E-state index contributed by atoms with van der Waals surface area (Å²) in [4.78, 5) is 49.6. The number of para-hydroxylation sites is 2. The van der Waals surface area contributed by atoms with Crippen LogP contribution in [0.4, 0.5) is 0 Å². The van der Waals surface area contributed by atoms with Crippen LogP contribution in [0.15, 0.2) is 77.6 Å². The van der Waals surface area contributed by atoms with Crippen molar-refractivity contribution in [2.24, 2.45) is 0 Å². The van der Waals surface area contributed by atoms with Gasteiger partial charge in [-0.2, -0.15) is 0 Å². The van der Waals surface area contributed by atoms with Crippen molar-refractivity contribution in [2.75, 3.05) is 13.7 Å². The number of rotatable bonds is 6. The van der Waals surface area contributed by atoms with Crippen LogP contribution in [0.25, 0.3) is 21.8 Å². The molecule has 1 heterocycles. The van der Waals surface area contributed by atoms with Crippen LogP contribution in [0.5, 0.6) is 5.75 Å². The highest BCUT2D eigenvalue weighted by atomic mass is 16.5. The molecule has 4 aromatic rings. The van der Waals surface area contributed by atoms with Gasteiger partial charge in [0, 0.05) is 16.3 Å². The summed E-state index contributed by atoms with van der Waals surface area (Å²) >= 11 is 0. The molecule has 1 N–H and O–H groups in total. The van der Waals surface area contributed by atoms with Gasteiger partial charge in [-0.1, -0.05) is 24.3 Å². The van der Waals surface area contributed by atoms with Crippen molar-refractivity contribution in [2.45, 2.75) is 6.54 Å². The fourth-order valence-electron chi connectivity index (χ4n) is 3.55. The third-order valence-corrected chi connectivity index (χ3v) is 5.14. The maximum atomic E-state index is 12.8. The molecule has 0 unspecified atom stereocenters. The molecule has 0 spiro atoms. The van der Waals surface area contributed by atoms with Crippen LogP contribution in [0.2, 0.25) is 0 Å². The Morgan fingerprint density at radius 3 is 2.00 bits per heavy atom. The number of hydrogen-bond acceptors (Lipinski definition) is 6. The molecule has 0 aliphatic carbocycles. The van der Waals surface area contributed by atoms with Crippen LogP contribution < -0.4 is 15.5 Å². The SMILES string of the molecule is COc1ccc(C(=O)NC(=O)COC(=O)Cn2c3ccccc3c(=O)c3ccccc32)cc1. The lowest BCUT2D eigenvalue weighted by Crippen LogP contribution is -2.34. The molecule has 2 amide bonds. The first-order valence-corrected chi connectivity index (χ1v) is 10.1. The molecule has 8 nitrogen and oxygen atoms in total. The highest BCUT2D eigenvalue weighted by Crippen LogP contribution is 2.19. The predicted molar refractivity (Wildman–Crippen MR) is 122 cm³/mol. The number of esters is 1. The number of fused-ring (bicyclic) bond motifs is 2.